The lowest BCUT2D eigenvalue weighted by molar-refractivity contribution is 0.0311. The summed E-state index contributed by atoms with van der Waals surface area (Å²) in [7, 11) is 0. The van der Waals surface area contributed by atoms with Gasteiger partial charge in [-0.15, -0.1) is 0 Å². The molecule has 0 bridgehead atoms. The van der Waals surface area contributed by atoms with Crippen molar-refractivity contribution in [3.63, 3.8) is 0 Å². The lowest BCUT2D eigenvalue weighted by atomic mass is 9.83. The molecule has 3 unspecified atom stereocenters. The first-order chi connectivity index (χ1) is 14.5. The number of amides is 3. The number of hydrogen-bond donors (Lipinski definition) is 3. The van der Waals surface area contributed by atoms with Gasteiger partial charge in [0.05, 0.1) is 6.10 Å². The summed E-state index contributed by atoms with van der Waals surface area (Å²) >= 11 is 0. The predicted octanol–water partition coefficient (Wildman–Crippen LogP) is 4.25. The second kappa shape index (κ2) is 11.8. The molecule has 0 heterocycles. The lowest BCUT2D eigenvalue weighted by Gasteiger charge is -2.36. The third-order valence-corrected chi connectivity index (χ3v) is 7.07. The van der Waals surface area contributed by atoms with Gasteiger partial charge in [-0.3, -0.25) is 0 Å². The monoisotopic (exact) mass is 423 g/mol. The van der Waals surface area contributed by atoms with Crippen molar-refractivity contribution in [1.82, 2.24) is 16.0 Å². The molecular formula is C23H41N3O4. The molecule has 0 aliphatic heterocycles. The molecule has 3 amide bonds. The van der Waals surface area contributed by atoms with Gasteiger partial charge in [0.25, 0.3) is 0 Å². The van der Waals surface area contributed by atoms with Crippen molar-refractivity contribution < 1.29 is 19.1 Å². The summed E-state index contributed by atoms with van der Waals surface area (Å²) in [4.78, 5) is 24.8. The van der Waals surface area contributed by atoms with Crippen LogP contribution in [0.15, 0.2) is 0 Å². The Morgan fingerprint density at radius 1 is 0.800 bits per heavy atom. The number of nitrogens with one attached hydrogen (secondary N) is 3. The number of carbonyl (C=O) groups is 2. The summed E-state index contributed by atoms with van der Waals surface area (Å²) in [6, 6.07) is 0.268. The minimum absolute atomic E-state index is 0.0433. The number of urea groups is 1. The van der Waals surface area contributed by atoms with Crippen molar-refractivity contribution in [1.29, 1.82) is 0 Å². The molecule has 0 aromatic heterocycles. The van der Waals surface area contributed by atoms with Crippen LogP contribution in [0.25, 0.3) is 0 Å². The molecule has 30 heavy (non-hydrogen) atoms. The van der Waals surface area contributed by atoms with Gasteiger partial charge < -0.3 is 25.4 Å². The van der Waals surface area contributed by atoms with E-state index in [-0.39, 0.29) is 36.4 Å². The topological polar surface area (TPSA) is 88.7 Å². The molecule has 3 aliphatic rings. The van der Waals surface area contributed by atoms with Gasteiger partial charge in [-0.25, -0.2) is 9.59 Å². The van der Waals surface area contributed by atoms with Crippen molar-refractivity contribution in [3.05, 3.63) is 0 Å². The van der Waals surface area contributed by atoms with Gasteiger partial charge in [-0.1, -0.05) is 13.3 Å². The van der Waals surface area contributed by atoms with E-state index in [0.717, 1.165) is 77.2 Å². The van der Waals surface area contributed by atoms with Crippen molar-refractivity contribution in [2.24, 2.45) is 5.92 Å². The largest absolute Gasteiger partial charge is 0.446 e. The van der Waals surface area contributed by atoms with Gasteiger partial charge >= 0.3 is 12.1 Å². The van der Waals surface area contributed by atoms with Crippen LogP contribution in [0.5, 0.6) is 0 Å². The number of rotatable bonds is 6. The Labute approximate surface area is 181 Å². The van der Waals surface area contributed by atoms with E-state index in [0.29, 0.717) is 12.0 Å². The number of alkyl carbamates (subject to hydrolysis) is 1. The average molecular weight is 424 g/mol. The minimum atomic E-state index is -0.296. The average Bonchev–Trinajstić information content (AvgIpc) is 2.73. The van der Waals surface area contributed by atoms with Crippen molar-refractivity contribution in [3.8, 4) is 0 Å². The van der Waals surface area contributed by atoms with Crippen LogP contribution in [-0.4, -0.2) is 49.1 Å². The Bertz CT molecular complexity index is 545. The molecule has 0 radical (unpaired) electrons. The van der Waals surface area contributed by atoms with E-state index in [2.05, 4.69) is 22.9 Å². The van der Waals surface area contributed by atoms with Crippen LogP contribution < -0.4 is 16.0 Å². The predicted molar refractivity (Wildman–Crippen MR) is 116 cm³/mol. The lowest BCUT2D eigenvalue weighted by Crippen LogP contribution is -2.53. The Morgan fingerprint density at radius 2 is 1.47 bits per heavy atom. The molecule has 3 N–H and O–H groups in total. The summed E-state index contributed by atoms with van der Waals surface area (Å²) in [5, 5.41) is 9.34. The fourth-order valence-electron chi connectivity index (χ4n) is 5.20. The molecule has 3 atom stereocenters. The van der Waals surface area contributed by atoms with Gasteiger partial charge in [0, 0.05) is 24.7 Å². The van der Waals surface area contributed by atoms with Crippen molar-refractivity contribution in [2.75, 3.05) is 6.61 Å². The Hall–Kier alpha value is -1.50. The zero-order valence-corrected chi connectivity index (χ0v) is 18.8. The highest BCUT2D eigenvalue weighted by molar-refractivity contribution is 5.74. The second-order valence-corrected chi connectivity index (χ2v) is 9.45. The molecule has 0 saturated heterocycles. The highest BCUT2D eigenvalue weighted by Crippen LogP contribution is 2.26. The fraction of sp³-hybridized carbons (Fsp3) is 0.913. The Kier molecular flexibility index (Phi) is 9.09. The first kappa shape index (κ1) is 23.2. The molecular weight excluding hydrogens is 382 g/mol. The molecule has 3 rings (SSSR count). The summed E-state index contributed by atoms with van der Waals surface area (Å²) in [6.07, 6.45) is 12.2. The third kappa shape index (κ3) is 7.33. The maximum atomic E-state index is 12.5. The molecule has 0 spiro atoms. The highest BCUT2D eigenvalue weighted by atomic mass is 16.6. The van der Waals surface area contributed by atoms with Crippen LogP contribution in [0.2, 0.25) is 0 Å². The smallest absolute Gasteiger partial charge is 0.407 e. The molecule has 0 aromatic rings. The minimum Gasteiger partial charge on any atom is -0.446 e. The van der Waals surface area contributed by atoms with Gasteiger partial charge in [-0.05, 0) is 83.5 Å². The van der Waals surface area contributed by atoms with Gasteiger partial charge in [0.2, 0.25) is 0 Å². The van der Waals surface area contributed by atoms with E-state index in [1.165, 1.54) is 6.42 Å². The zero-order chi connectivity index (χ0) is 21.3. The Balaban J connectivity index is 1.38. The van der Waals surface area contributed by atoms with Crippen LogP contribution in [0.1, 0.15) is 90.9 Å². The molecule has 3 aliphatic carbocycles. The molecule has 3 saturated carbocycles. The maximum absolute atomic E-state index is 12.5. The first-order valence-corrected chi connectivity index (χ1v) is 12.2. The fourth-order valence-corrected chi connectivity index (χ4v) is 5.20. The van der Waals surface area contributed by atoms with Crippen molar-refractivity contribution in [2.45, 2.75) is 121 Å². The number of hydrogen-bond acceptors (Lipinski definition) is 4. The van der Waals surface area contributed by atoms with Gasteiger partial charge in [0.1, 0.15) is 6.10 Å². The van der Waals surface area contributed by atoms with Crippen LogP contribution >= 0.6 is 0 Å². The Morgan fingerprint density at radius 3 is 2.17 bits per heavy atom. The maximum Gasteiger partial charge on any atom is 0.407 e. The van der Waals surface area contributed by atoms with E-state index in [9.17, 15) is 9.59 Å². The van der Waals surface area contributed by atoms with Crippen LogP contribution in [0.3, 0.4) is 0 Å². The van der Waals surface area contributed by atoms with E-state index in [1.807, 2.05) is 6.92 Å². The van der Waals surface area contributed by atoms with Gasteiger partial charge in [-0.2, -0.15) is 0 Å². The van der Waals surface area contributed by atoms with Crippen LogP contribution in [0.4, 0.5) is 9.59 Å². The standard InChI is InChI=1S/C23H41N3O4/c1-3-29-19-13-11-17(12-14-19)24-22(27)25-18-10-9-16(2)21(15-18)26-23(28)30-20-7-5-4-6-8-20/h16-21H,3-15H2,1-2H3,(H,26,28)(H2,24,25,27). The molecule has 7 nitrogen and oxygen atoms in total. The summed E-state index contributed by atoms with van der Waals surface area (Å²) in [5.41, 5.74) is 0. The number of carbonyl (C=O) groups excluding carboxylic acids is 2. The molecule has 172 valence electrons. The quantitative estimate of drug-likeness (QED) is 0.596. The first-order valence-electron chi connectivity index (χ1n) is 12.2. The van der Waals surface area contributed by atoms with E-state index >= 15 is 0 Å². The highest BCUT2D eigenvalue weighted by Gasteiger charge is 2.31. The molecule has 3 fully saturated rings. The van der Waals surface area contributed by atoms with E-state index in [1.54, 1.807) is 0 Å². The normalized spacial score (nSPS) is 32.8. The number of ether oxygens (including phenoxy) is 2. The van der Waals surface area contributed by atoms with E-state index in [4.69, 9.17) is 9.47 Å². The SMILES string of the molecule is CCOC1CCC(NC(=O)NC2CCC(C)C(NC(=O)OC3CCCCC3)C2)CC1. The van der Waals surface area contributed by atoms with E-state index < -0.39 is 0 Å². The van der Waals surface area contributed by atoms with Crippen LogP contribution in [-0.2, 0) is 9.47 Å². The zero-order valence-electron chi connectivity index (χ0n) is 18.8. The molecule has 7 heteroatoms. The molecule has 0 aromatic carbocycles. The summed E-state index contributed by atoms with van der Waals surface area (Å²) < 4.78 is 11.3. The summed E-state index contributed by atoms with van der Waals surface area (Å²) in [5.74, 6) is 0.388. The van der Waals surface area contributed by atoms with Crippen LogP contribution in [0, 0.1) is 5.92 Å². The van der Waals surface area contributed by atoms with Crippen molar-refractivity contribution >= 4 is 12.1 Å². The summed E-state index contributed by atoms with van der Waals surface area (Å²) in [6.45, 7) is 4.95. The second-order valence-electron chi connectivity index (χ2n) is 9.45. The van der Waals surface area contributed by atoms with Gasteiger partial charge in [0.15, 0.2) is 0 Å². The third-order valence-electron chi connectivity index (χ3n) is 7.07.